The molecular weight excluding hydrogens is 254 g/mol. The number of aromatic nitrogens is 2. The predicted octanol–water partition coefficient (Wildman–Crippen LogP) is 2.35. The van der Waals surface area contributed by atoms with Gasteiger partial charge in [0, 0.05) is 18.5 Å². The van der Waals surface area contributed by atoms with Gasteiger partial charge < -0.3 is 10.1 Å². The molecule has 2 heterocycles. The lowest BCUT2D eigenvalue weighted by atomic mass is 9.70. The van der Waals surface area contributed by atoms with Crippen molar-refractivity contribution < 1.29 is 9.53 Å². The Kier molecular flexibility index (Phi) is 3.32. The molecule has 0 aromatic carbocycles. The fourth-order valence-corrected chi connectivity index (χ4v) is 3.20. The lowest BCUT2D eigenvalue weighted by molar-refractivity contribution is -0.00698. The highest BCUT2D eigenvalue weighted by atomic mass is 16.5. The predicted molar refractivity (Wildman–Crippen MR) is 75.5 cm³/mol. The zero-order valence-electron chi connectivity index (χ0n) is 12.5. The van der Waals surface area contributed by atoms with Gasteiger partial charge in [-0.05, 0) is 32.1 Å². The van der Waals surface area contributed by atoms with Crippen LogP contribution in [0.25, 0.3) is 0 Å². The lowest BCUT2D eigenvalue weighted by Crippen LogP contribution is -2.40. The largest absolute Gasteiger partial charge is 0.369 e. The van der Waals surface area contributed by atoms with Crippen molar-refractivity contribution in [3.8, 4) is 0 Å². The first kappa shape index (κ1) is 13.6. The number of hydrogen-bond acceptors (Lipinski definition) is 3. The van der Waals surface area contributed by atoms with Crippen LogP contribution >= 0.6 is 0 Å². The van der Waals surface area contributed by atoms with Gasteiger partial charge in [0.25, 0.3) is 5.91 Å². The van der Waals surface area contributed by atoms with E-state index in [4.69, 9.17) is 4.74 Å². The van der Waals surface area contributed by atoms with Crippen LogP contribution in [-0.4, -0.2) is 28.8 Å². The summed E-state index contributed by atoms with van der Waals surface area (Å²) in [4.78, 5) is 12.3. The Morgan fingerprint density at radius 3 is 2.90 bits per heavy atom. The van der Waals surface area contributed by atoms with Gasteiger partial charge in [-0.25, -0.2) is 0 Å². The summed E-state index contributed by atoms with van der Waals surface area (Å²) in [6, 6.07) is 0. The first-order valence-corrected chi connectivity index (χ1v) is 7.49. The highest BCUT2D eigenvalue weighted by Gasteiger charge is 2.33. The number of fused-ring (bicyclic) bond motifs is 1. The fourth-order valence-electron chi connectivity index (χ4n) is 3.20. The third-order valence-corrected chi connectivity index (χ3v) is 4.69. The molecule has 1 fully saturated rings. The molecular formula is C15H23N3O2. The van der Waals surface area contributed by atoms with E-state index in [0.29, 0.717) is 5.69 Å². The summed E-state index contributed by atoms with van der Waals surface area (Å²) in [5, 5.41) is 10.2. The van der Waals surface area contributed by atoms with Crippen LogP contribution in [0.5, 0.6) is 0 Å². The minimum Gasteiger partial charge on any atom is -0.369 e. The van der Waals surface area contributed by atoms with Gasteiger partial charge in [0.05, 0.1) is 17.9 Å². The van der Waals surface area contributed by atoms with Crippen molar-refractivity contribution in [2.75, 3.05) is 6.54 Å². The average molecular weight is 277 g/mol. The van der Waals surface area contributed by atoms with E-state index < -0.39 is 0 Å². The van der Waals surface area contributed by atoms with E-state index in [-0.39, 0.29) is 23.5 Å². The Morgan fingerprint density at radius 1 is 1.50 bits per heavy atom. The Labute approximate surface area is 119 Å². The fraction of sp³-hybridized carbons (Fsp3) is 0.733. The minimum atomic E-state index is -0.0584. The number of aromatic amines is 1. The molecule has 0 spiro atoms. The number of nitrogens with one attached hydrogen (secondary N) is 2. The molecule has 1 saturated carbocycles. The molecule has 2 atom stereocenters. The minimum absolute atomic E-state index is 0.0213. The van der Waals surface area contributed by atoms with Gasteiger partial charge in [-0.15, -0.1) is 0 Å². The van der Waals surface area contributed by atoms with Gasteiger partial charge in [-0.3, -0.25) is 9.89 Å². The molecule has 1 aliphatic heterocycles. The summed E-state index contributed by atoms with van der Waals surface area (Å²) < 4.78 is 5.74. The summed E-state index contributed by atoms with van der Waals surface area (Å²) in [7, 11) is 0. The first-order chi connectivity index (χ1) is 9.48. The standard InChI is InChI=1S/C15H23N3O2/c1-9-7-11-12(10(2)20-9)17-18-13(11)14(19)16-8-15(3)5-4-6-15/h9-10H,4-8H2,1-3H3,(H,16,19)(H,17,18)/t9-,10+/m1/s1. The average Bonchev–Trinajstić information content (AvgIpc) is 2.77. The number of carbonyl (C=O) groups is 1. The van der Waals surface area contributed by atoms with Crippen molar-refractivity contribution in [2.24, 2.45) is 5.41 Å². The van der Waals surface area contributed by atoms with Crippen molar-refractivity contribution in [3.63, 3.8) is 0 Å². The summed E-state index contributed by atoms with van der Waals surface area (Å²) in [5.74, 6) is -0.0584. The molecule has 1 aliphatic carbocycles. The second-order valence-corrected chi connectivity index (χ2v) is 6.60. The highest BCUT2D eigenvalue weighted by Crippen LogP contribution is 2.39. The smallest absolute Gasteiger partial charge is 0.272 e. The van der Waals surface area contributed by atoms with Crippen molar-refractivity contribution in [1.82, 2.24) is 15.5 Å². The van der Waals surface area contributed by atoms with E-state index in [1.54, 1.807) is 0 Å². The maximum Gasteiger partial charge on any atom is 0.272 e. The topological polar surface area (TPSA) is 67.0 Å². The van der Waals surface area contributed by atoms with Crippen LogP contribution in [0.1, 0.15) is 67.9 Å². The molecule has 1 aromatic heterocycles. The molecule has 2 N–H and O–H groups in total. The number of H-pyrrole nitrogens is 1. The van der Waals surface area contributed by atoms with E-state index in [1.807, 2.05) is 13.8 Å². The zero-order chi connectivity index (χ0) is 14.3. The Balaban J connectivity index is 1.72. The molecule has 20 heavy (non-hydrogen) atoms. The number of amides is 1. The number of nitrogens with zero attached hydrogens (tertiary/aromatic N) is 1. The van der Waals surface area contributed by atoms with Crippen LogP contribution in [0, 0.1) is 5.41 Å². The summed E-state index contributed by atoms with van der Waals surface area (Å²) >= 11 is 0. The van der Waals surface area contributed by atoms with Crippen LogP contribution in [-0.2, 0) is 11.2 Å². The number of rotatable bonds is 3. The van der Waals surface area contributed by atoms with E-state index in [9.17, 15) is 4.79 Å². The Morgan fingerprint density at radius 2 is 2.25 bits per heavy atom. The van der Waals surface area contributed by atoms with Gasteiger partial charge in [0.2, 0.25) is 0 Å². The van der Waals surface area contributed by atoms with Crippen molar-refractivity contribution >= 4 is 5.91 Å². The third-order valence-electron chi connectivity index (χ3n) is 4.69. The van der Waals surface area contributed by atoms with Gasteiger partial charge in [-0.1, -0.05) is 13.3 Å². The van der Waals surface area contributed by atoms with Gasteiger partial charge >= 0.3 is 0 Å². The number of ether oxygens (including phenoxy) is 1. The molecule has 0 saturated heterocycles. The molecule has 1 amide bonds. The molecule has 0 unspecified atom stereocenters. The van der Waals surface area contributed by atoms with E-state index >= 15 is 0 Å². The van der Waals surface area contributed by atoms with E-state index in [0.717, 1.165) is 24.2 Å². The van der Waals surface area contributed by atoms with E-state index in [2.05, 4.69) is 22.4 Å². The van der Waals surface area contributed by atoms with Gasteiger partial charge in [0.1, 0.15) is 0 Å². The molecule has 110 valence electrons. The van der Waals surface area contributed by atoms with Crippen molar-refractivity contribution in [1.29, 1.82) is 0 Å². The highest BCUT2D eigenvalue weighted by molar-refractivity contribution is 5.94. The van der Waals surface area contributed by atoms with Crippen LogP contribution in [0.2, 0.25) is 0 Å². The quantitative estimate of drug-likeness (QED) is 0.891. The maximum absolute atomic E-state index is 12.3. The van der Waals surface area contributed by atoms with Crippen molar-refractivity contribution in [2.45, 2.75) is 58.7 Å². The Bertz CT molecular complexity index is 519. The zero-order valence-corrected chi connectivity index (χ0v) is 12.5. The monoisotopic (exact) mass is 277 g/mol. The van der Waals surface area contributed by atoms with Gasteiger partial charge in [-0.2, -0.15) is 5.10 Å². The number of hydrogen-bond donors (Lipinski definition) is 2. The second-order valence-electron chi connectivity index (χ2n) is 6.60. The van der Waals surface area contributed by atoms with Gasteiger partial charge in [0.15, 0.2) is 5.69 Å². The van der Waals surface area contributed by atoms with Crippen LogP contribution in [0.15, 0.2) is 0 Å². The molecule has 2 aliphatic rings. The van der Waals surface area contributed by atoms with Crippen molar-refractivity contribution in [3.05, 3.63) is 17.0 Å². The molecule has 1 aromatic rings. The molecule has 0 bridgehead atoms. The summed E-state index contributed by atoms with van der Waals surface area (Å²) in [6.07, 6.45) is 4.53. The third kappa shape index (κ3) is 2.35. The molecule has 0 radical (unpaired) electrons. The SMILES string of the molecule is C[C@@H]1Cc2c(C(=O)NCC3(C)CCC3)n[nH]c2[C@H](C)O1. The molecule has 5 heteroatoms. The molecule has 5 nitrogen and oxygen atoms in total. The van der Waals surface area contributed by atoms with Crippen LogP contribution in [0.3, 0.4) is 0 Å². The maximum atomic E-state index is 12.3. The summed E-state index contributed by atoms with van der Waals surface area (Å²) in [6.45, 7) is 7.00. The second kappa shape index (κ2) is 4.88. The Hall–Kier alpha value is -1.36. The molecule has 3 rings (SSSR count). The summed E-state index contributed by atoms with van der Waals surface area (Å²) in [5.41, 5.74) is 2.80. The normalized spacial score (nSPS) is 27.6. The first-order valence-electron chi connectivity index (χ1n) is 7.49. The van der Waals surface area contributed by atoms with Crippen LogP contribution in [0.4, 0.5) is 0 Å². The lowest BCUT2D eigenvalue weighted by Gasteiger charge is -2.38. The van der Waals surface area contributed by atoms with Crippen LogP contribution < -0.4 is 5.32 Å². The van der Waals surface area contributed by atoms with E-state index in [1.165, 1.54) is 19.3 Å². The number of carbonyl (C=O) groups excluding carboxylic acids is 1.